The van der Waals surface area contributed by atoms with Gasteiger partial charge in [0.15, 0.2) is 0 Å². The molecule has 0 radical (unpaired) electrons. The zero-order valence-corrected chi connectivity index (χ0v) is 10.2. The summed E-state index contributed by atoms with van der Waals surface area (Å²) in [6.45, 7) is 1.66. The van der Waals surface area contributed by atoms with Crippen LogP contribution < -0.4 is 5.32 Å². The Kier molecular flexibility index (Phi) is 5.46. The molecule has 1 heterocycles. The molecule has 0 aromatic carbocycles. The predicted octanol–water partition coefficient (Wildman–Crippen LogP) is 0.553. The van der Waals surface area contributed by atoms with Gasteiger partial charge in [-0.15, -0.1) is 0 Å². The van der Waals surface area contributed by atoms with Crippen molar-refractivity contribution in [3.8, 4) is 0 Å². The van der Waals surface area contributed by atoms with Crippen molar-refractivity contribution >= 4 is 11.9 Å². The highest BCUT2D eigenvalue weighted by Crippen LogP contribution is 2.18. The van der Waals surface area contributed by atoms with E-state index in [0.717, 1.165) is 0 Å². The Balaban J connectivity index is 2.62. The average Bonchev–Trinajstić information content (AvgIpc) is 2.34. The molecule has 1 saturated heterocycles. The molecule has 0 saturated carbocycles. The first kappa shape index (κ1) is 14.8. The van der Waals surface area contributed by atoms with Crippen molar-refractivity contribution < 1.29 is 23.5 Å². The summed E-state index contributed by atoms with van der Waals surface area (Å²) in [5.41, 5.74) is 0. The van der Waals surface area contributed by atoms with E-state index >= 15 is 0 Å². The van der Waals surface area contributed by atoms with Gasteiger partial charge in [-0.1, -0.05) is 6.92 Å². The summed E-state index contributed by atoms with van der Waals surface area (Å²) in [6.07, 6.45) is -1.92. The molecule has 1 fully saturated rings. The van der Waals surface area contributed by atoms with Crippen LogP contribution in [-0.4, -0.2) is 54.0 Å². The van der Waals surface area contributed by atoms with E-state index in [-0.39, 0.29) is 31.3 Å². The van der Waals surface area contributed by atoms with E-state index in [1.165, 1.54) is 4.90 Å². The van der Waals surface area contributed by atoms with Crippen molar-refractivity contribution in [2.24, 2.45) is 5.92 Å². The molecule has 1 aliphatic rings. The first-order chi connectivity index (χ1) is 8.43. The second kappa shape index (κ2) is 6.63. The number of piperidine rings is 1. The van der Waals surface area contributed by atoms with Gasteiger partial charge in [0.05, 0.1) is 12.5 Å². The number of alkyl halides is 2. The fraction of sp³-hybridized carbons (Fsp3) is 0.818. The van der Waals surface area contributed by atoms with Gasteiger partial charge in [-0.3, -0.25) is 9.59 Å². The molecule has 2 N–H and O–H groups in total. The van der Waals surface area contributed by atoms with Crippen LogP contribution in [0.2, 0.25) is 0 Å². The maximum atomic E-state index is 12.1. The topological polar surface area (TPSA) is 69.6 Å². The van der Waals surface area contributed by atoms with E-state index in [9.17, 15) is 18.4 Å². The summed E-state index contributed by atoms with van der Waals surface area (Å²) in [7, 11) is 0. The Labute approximate surface area is 104 Å². The zero-order valence-electron chi connectivity index (χ0n) is 10.2. The third-order valence-electron chi connectivity index (χ3n) is 3.02. The maximum Gasteiger partial charge on any atom is 0.308 e. The Hall–Kier alpha value is -1.24. The predicted molar refractivity (Wildman–Crippen MR) is 60.4 cm³/mol. The maximum absolute atomic E-state index is 12.1. The van der Waals surface area contributed by atoms with Crippen molar-refractivity contribution in [1.82, 2.24) is 10.2 Å². The minimum absolute atomic E-state index is 0.148. The fourth-order valence-electron chi connectivity index (χ4n) is 2.11. The van der Waals surface area contributed by atoms with Gasteiger partial charge in [0, 0.05) is 25.6 Å². The molecule has 0 aromatic rings. The molecule has 2 atom stereocenters. The molecular formula is C11H18F2N2O3. The van der Waals surface area contributed by atoms with Gasteiger partial charge in [0.25, 0.3) is 6.43 Å². The highest BCUT2D eigenvalue weighted by atomic mass is 19.3. The highest BCUT2D eigenvalue weighted by Gasteiger charge is 2.33. The first-order valence-corrected chi connectivity index (χ1v) is 5.96. The van der Waals surface area contributed by atoms with E-state index in [2.05, 4.69) is 5.32 Å². The SMILES string of the molecule is CCC(=O)N1CC(NCC(F)F)CC(C(=O)O)C1. The van der Waals surface area contributed by atoms with E-state index in [0.29, 0.717) is 6.54 Å². The third kappa shape index (κ3) is 4.21. The quantitative estimate of drug-likeness (QED) is 0.761. The Morgan fingerprint density at radius 3 is 2.61 bits per heavy atom. The van der Waals surface area contributed by atoms with Crippen LogP contribution in [-0.2, 0) is 9.59 Å². The highest BCUT2D eigenvalue weighted by molar-refractivity contribution is 5.77. The van der Waals surface area contributed by atoms with Crippen molar-refractivity contribution in [2.45, 2.75) is 32.2 Å². The number of nitrogens with one attached hydrogen (secondary N) is 1. The molecule has 104 valence electrons. The molecule has 0 bridgehead atoms. The van der Waals surface area contributed by atoms with Crippen molar-refractivity contribution in [3.05, 3.63) is 0 Å². The zero-order chi connectivity index (χ0) is 13.7. The number of likely N-dealkylation sites (tertiary alicyclic amines) is 1. The monoisotopic (exact) mass is 264 g/mol. The lowest BCUT2D eigenvalue weighted by atomic mass is 9.94. The third-order valence-corrected chi connectivity index (χ3v) is 3.02. The summed E-state index contributed by atoms with van der Waals surface area (Å²) >= 11 is 0. The standard InChI is InChI=1S/C11H18F2N2O3/c1-2-10(16)15-5-7(11(17)18)3-8(6-15)14-4-9(12)13/h7-9,14H,2-6H2,1H3,(H,17,18). The van der Waals surface area contributed by atoms with Gasteiger partial charge in [-0.05, 0) is 6.42 Å². The lowest BCUT2D eigenvalue weighted by Crippen LogP contribution is -2.53. The number of carbonyl (C=O) groups is 2. The summed E-state index contributed by atoms with van der Waals surface area (Å²) in [6, 6.07) is -0.385. The normalized spacial score (nSPS) is 24.3. The number of carbonyl (C=O) groups excluding carboxylic acids is 1. The number of amides is 1. The van der Waals surface area contributed by atoms with E-state index in [4.69, 9.17) is 5.11 Å². The molecule has 0 aliphatic carbocycles. The van der Waals surface area contributed by atoms with Gasteiger partial charge >= 0.3 is 5.97 Å². The van der Waals surface area contributed by atoms with Crippen molar-refractivity contribution in [2.75, 3.05) is 19.6 Å². The van der Waals surface area contributed by atoms with Crippen LogP contribution in [0, 0.1) is 5.92 Å². The summed E-state index contributed by atoms with van der Waals surface area (Å²) in [5.74, 6) is -1.83. The molecular weight excluding hydrogens is 246 g/mol. The molecule has 18 heavy (non-hydrogen) atoms. The fourth-order valence-corrected chi connectivity index (χ4v) is 2.11. The number of carboxylic acid groups (broad SMARTS) is 1. The molecule has 1 aliphatic heterocycles. The van der Waals surface area contributed by atoms with Crippen LogP contribution in [0.3, 0.4) is 0 Å². The van der Waals surface area contributed by atoms with Crippen LogP contribution in [0.25, 0.3) is 0 Å². The Bertz CT molecular complexity index is 313. The summed E-state index contributed by atoms with van der Waals surface area (Å²) < 4.78 is 24.2. The second-order valence-corrected chi connectivity index (χ2v) is 4.42. The summed E-state index contributed by atoms with van der Waals surface area (Å²) in [5, 5.41) is 11.6. The van der Waals surface area contributed by atoms with Crippen molar-refractivity contribution in [3.63, 3.8) is 0 Å². The van der Waals surface area contributed by atoms with Gasteiger partial charge in [0.1, 0.15) is 0 Å². The first-order valence-electron chi connectivity index (χ1n) is 5.96. The number of halogens is 2. The Morgan fingerprint density at radius 1 is 1.44 bits per heavy atom. The summed E-state index contributed by atoms with van der Waals surface area (Å²) in [4.78, 5) is 24.0. The van der Waals surface area contributed by atoms with Gasteiger partial charge in [-0.2, -0.15) is 0 Å². The molecule has 0 aromatic heterocycles. The van der Waals surface area contributed by atoms with Crippen LogP contribution in [0.1, 0.15) is 19.8 Å². The van der Waals surface area contributed by atoms with E-state index < -0.39 is 24.9 Å². The number of carboxylic acids is 1. The number of hydrogen-bond acceptors (Lipinski definition) is 3. The van der Waals surface area contributed by atoms with Crippen LogP contribution in [0.5, 0.6) is 0 Å². The van der Waals surface area contributed by atoms with E-state index in [1.807, 2.05) is 0 Å². The number of nitrogens with zero attached hydrogens (tertiary/aromatic N) is 1. The average molecular weight is 264 g/mol. The van der Waals surface area contributed by atoms with Gasteiger partial charge < -0.3 is 15.3 Å². The Morgan fingerprint density at radius 2 is 2.11 bits per heavy atom. The second-order valence-electron chi connectivity index (χ2n) is 4.42. The van der Waals surface area contributed by atoms with Crippen LogP contribution in [0.4, 0.5) is 8.78 Å². The van der Waals surface area contributed by atoms with Gasteiger partial charge in [-0.25, -0.2) is 8.78 Å². The molecule has 7 heteroatoms. The van der Waals surface area contributed by atoms with Crippen LogP contribution in [0.15, 0.2) is 0 Å². The minimum atomic E-state index is -2.48. The van der Waals surface area contributed by atoms with Crippen LogP contribution >= 0.6 is 0 Å². The largest absolute Gasteiger partial charge is 0.481 e. The molecule has 2 unspecified atom stereocenters. The van der Waals surface area contributed by atoms with Gasteiger partial charge in [0.2, 0.25) is 5.91 Å². The lowest BCUT2D eigenvalue weighted by molar-refractivity contribution is -0.146. The molecule has 1 amide bonds. The minimum Gasteiger partial charge on any atom is -0.481 e. The molecule has 1 rings (SSSR count). The number of hydrogen-bond donors (Lipinski definition) is 2. The lowest BCUT2D eigenvalue weighted by Gasteiger charge is -2.36. The molecule has 0 spiro atoms. The number of aliphatic carboxylic acids is 1. The van der Waals surface area contributed by atoms with Crippen molar-refractivity contribution in [1.29, 1.82) is 0 Å². The van der Waals surface area contributed by atoms with E-state index in [1.54, 1.807) is 6.92 Å². The number of rotatable bonds is 5. The smallest absolute Gasteiger partial charge is 0.308 e. The molecule has 5 nitrogen and oxygen atoms in total.